The van der Waals surface area contributed by atoms with Crippen LogP contribution in [0.15, 0.2) is 72.8 Å². The van der Waals surface area contributed by atoms with Gasteiger partial charge in [-0.25, -0.2) is 4.79 Å². The zero-order valence-corrected chi connectivity index (χ0v) is 17.4. The lowest BCUT2D eigenvalue weighted by atomic mass is 10.1. The Morgan fingerprint density at radius 1 is 0.969 bits per heavy atom. The number of benzene rings is 3. The van der Waals surface area contributed by atoms with Crippen LogP contribution in [-0.2, 0) is 9.53 Å². The lowest BCUT2D eigenvalue weighted by molar-refractivity contribution is -0.383. The third kappa shape index (κ3) is 5.39. The molecule has 32 heavy (non-hydrogen) atoms. The molecule has 0 heterocycles. The van der Waals surface area contributed by atoms with E-state index in [0.29, 0.717) is 17.1 Å². The molecule has 0 fully saturated rings. The molecule has 0 aliphatic rings. The van der Waals surface area contributed by atoms with E-state index in [1.54, 1.807) is 48.5 Å². The zero-order valence-electron chi connectivity index (χ0n) is 17.4. The Balaban J connectivity index is 1.72. The average molecular weight is 435 g/mol. The third-order valence-corrected chi connectivity index (χ3v) is 4.50. The van der Waals surface area contributed by atoms with Gasteiger partial charge in [0, 0.05) is 11.8 Å². The van der Waals surface area contributed by atoms with Gasteiger partial charge in [0.25, 0.3) is 11.6 Å². The van der Waals surface area contributed by atoms with Crippen molar-refractivity contribution in [2.45, 2.75) is 13.0 Å². The minimum absolute atomic E-state index is 0.0488. The first-order valence-electron chi connectivity index (χ1n) is 9.64. The van der Waals surface area contributed by atoms with Gasteiger partial charge in [-0.2, -0.15) is 0 Å². The van der Waals surface area contributed by atoms with Crippen molar-refractivity contribution in [1.29, 1.82) is 0 Å². The zero-order chi connectivity index (χ0) is 23.1. The minimum Gasteiger partial charge on any atom is -0.495 e. The number of amides is 1. The number of hydrogen-bond donors (Lipinski definition) is 2. The molecule has 1 atom stereocenters. The first kappa shape index (κ1) is 22.3. The Kier molecular flexibility index (Phi) is 7.02. The number of para-hydroxylation sites is 3. The third-order valence-electron chi connectivity index (χ3n) is 4.50. The Bertz CT molecular complexity index is 1130. The molecular weight excluding hydrogens is 414 g/mol. The molecule has 3 rings (SSSR count). The van der Waals surface area contributed by atoms with Gasteiger partial charge >= 0.3 is 5.97 Å². The second-order valence-electron chi connectivity index (χ2n) is 6.72. The van der Waals surface area contributed by atoms with Crippen LogP contribution in [0.5, 0.6) is 5.75 Å². The van der Waals surface area contributed by atoms with Gasteiger partial charge in [0.2, 0.25) is 0 Å². The van der Waals surface area contributed by atoms with Crippen molar-refractivity contribution in [1.82, 2.24) is 0 Å². The van der Waals surface area contributed by atoms with Crippen molar-refractivity contribution >= 4 is 34.6 Å². The molecule has 2 N–H and O–H groups in total. The van der Waals surface area contributed by atoms with Gasteiger partial charge < -0.3 is 20.1 Å². The van der Waals surface area contributed by atoms with E-state index in [-0.39, 0.29) is 16.9 Å². The van der Waals surface area contributed by atoms with Crippen molar-refractivity contribution in [3.8, 4) is 5.75 Å². The number of methoxy groups -OCH3 is 1. The molecule has 9 nitrogen and oxygen atoms in total. The van der Waals surface area contributed by atoms with Gasteiger partial charge in [-0.3, -0.25) is 14.9 Å². The molecule has 1 amide bonds. The summed E-state index contributed by atoms with van der Waals surface area (Å²) in [6.45, 7) is 1.41. The molecule has 0 saturated heterocycles. The summed E-state index contributed by atoms with van der Waals surface area (Å²) < 4.78 is 10.4. The van der Waals surface area contributed by atoms with E-state index >= 15 is 0 Å². The lowest BCUT2D eigenvalue weighted by Gasteiger charge is -2.15. The molecular formula is C23H21N3O6. The van der Waals surface area contributed by atoms with Crippen LogP contribution < -0.4 is 15.4 Å². The highest BCUT2D eigenvalue weighted by Gasteiger charge is 2.23. The maximum atomic E-state index is 12.5. The summed E-state index contributed by atoms with van der Waals surface area (Å²) in [4.78, 5) is 35.8. The van der Waals surface area contributed by atoms with Crippen LogP contribution in [0, 0.1) is 10.1 Å². The first-order valence-corrected chi connectivity index (χ1v) is 9.64. The highest BCUT2D eigenvalue weighted by molar-refractivity contribution is 5.98. The molecule has 1 unspecified atom stereocenters. The summed E-state index contributed by atoms with van der Waals surface area (Å²) in [6, 6.07) is 19.6. The van der Waals surface area contributed by atoms with Crippen LogP contribution in [0.3, 0.4) is 0 Å². The summed E-state index contributed by atoms with van der Waals surface area (Å²) in [7, 11) is 1.47. The number of rotatable bonds is 8. The number of nitro groups is 1. The van der Waals surface area contributed by atoms with E-state index in [2.05, 4.69) is 10.6 Å². The van der Waals surface area contributed by atoms with E-state index in [4.69, 9.17) is 9.47 Å². The molecule has 0 aliphatic carbocycles. The van der Waals surface area contributed by atoms with Crippen molar-refractivity contribution in [2.24, 2.45) is 0 Å². The molecule has 0 aromatic heterocycles. The maximum absolute atomic E-state index is 12.5. The Hall–Kier alpha value is -4.40. The standard InChI is InChI=1S/C23H21N3O6/c1-15(22(27)25-19-10-6-7-11-21(19)31-2)32-23(28)16-12-13-18(20(14-16)26(29)30)24-17-8-4-3-5-9-17/h3-15,24H,1-2H3,(H,25,27). The number of ether oxygens (including phenoxy) is 2. The van der Waals surface area contributed by atoms with Crippen LogP contribution in [0.4, 0.5) is 22.7 Å². The van der Waals surface area contributed by atoms with E-state index in [1.165, 1.54) is 26.2 Å². The number of nitrogens with one attached hydrogen (secondary N) is 2. The fraction of sp³-hybridized carbons (Fsp3) is 0.130. The number of esters is 1. The summed E-state index contributed by atoms with van der Waals surface area (Å²) in [6.07, 6.45) is -1.14. The molecule has 3 aromatic rings. The monoisotopic (exact) mass is 435 g/mol. The van der Waals surface area contributed by atoms with Crippen LogP contribution in [0.25, 0.3) is 0 Å². The molecule has 0 radical (unpaired) electrons. The second kappa shape index (κ2) is 10.1. The molecule has 3 aromatic carbocycles. The number of hydrogen-bond acceptors (Lipinski definition) is 7. The van der Waals surface area contributed by atoms with E-state index < -0.39 is 22.9 Å². The van der Waals surface area contributed by atoms with Gasteiger partial charge in [-0.1, -0.05) is 30.3 Å². The van der Waals surface area contributed by atoms with Crippen molar-refractivity contribution < 1.29 is 24.0 Å². The molecule has 9 heteroatoms. The van der Waals surface area contributed by atoms with Gasteiger partial charge in [0.15, 0.2) is 6.10 Å². The van der Waals surface area contributed by atoms with Crippen molar-refractivity contribution in [2.75, 3.05) is 17.7 Å². The van der Waals surface area contributed by atoms with Crippen LogP contribution in [0.1, 0.15) is 17.3 Å². The Morgan fingerprint density at radius 3 is 2.34 bits per heavy atom. The number of carbonyl (C=O) groups is 2. The predicted octanol–water partition coefficient (Wildman–Crippen LogP) is 4.53. The summed E-state index contributed by atoms with van der Waals surface area (Å²) in [5, 5.41) is 17.1. The van der Waals surface area contributed by atoms with Crippen LogP contribution in [0.2, 0.25) is 0 Å². The maximum Gasteiger partial charge on any atom is 0.339 e. The summed E-state index contributed by atoms with van der Waals surface area (Å²) in [5.74, 6) is -0.974. The van der Waals surface area contributed by atoms with E-state index in [0.717, 1.165) is 6.07 Å². The number of nitro benzene ring substituents is 1. The van der Waals surface area contributed by atoms with Crippen LogP contribution >= 0.6 is 0 Å². The highest BCUT2D eigenvalue weighted by Crippen LogP contribution is 2.29. The number of carbonyl (C=O) groups excluding carboxylic acids is 2. The smallest absolute Gasteiger partial charge is 0.339 e. The fourth-order valence-electron chi connectivity index (χ4n) is 2.86. The molecule has 164 valence electrons. The van der Waals surface area contributed by atoms with Crippen molar-refractivity contribution in [3.05, 3.63) is 88.5 Å². The summed E-state index contributed by atoms with van der Waals surface area (Å²) in [5.41, 5.74) is 0.962. The lowest BCUT2D eigenvalue weighted by Crippen LogP contribution is -2.30. The summed E-state index contributed by atoms with van der Waals surface area (Å²) >= 11 is 0. The molecule has 0 saturated carbocycles. The topological polar surface area (TPSA) is 120 Å². The number of anilines is 3. The Labute approximate surface area is 184 Å². The first-order chi connectivity index (χ1) is 15.4. The van der Waals surface area contributed by atoms with Gasteiger partial charge in [-0.15, -0.1) is 0 Å². The van der Waals surface area contributed by atoms with E-state index in [1.807, 2.05) is 6.07 Å². The normalized spacial score (nSPS) is 11.2. The van der Waals surface area contributed by atoms with Crippen molar-refractivity contribution in [3.63, 3.8) is 0 Å². The largest absolute Gasteiger partial charge is 0.495 e. The van der Waals surface area contributed by atoms with Gasteiger partial charge in [0.1, 0.15) is 11.4 Å². The van der Waals surface area contributed by atoms with Crippen LogP contribution in [-0.4, -0.2) is 30.0 Å². The van der Waals surface area contributed by atoms with Gasteiger partial charge in [-0.05, 0) is 43.3 Å². The highest BCUT2D eigenvalue weighted by atomic mass is 16.6. The Morgan fingerprint density at radius 2 is 1.66 bits per heavy atom. The fourth-order valence-corrected chi connectivity index (χ4v) is 2.86. The molecule has 0 bridgehead atoms. The van der Waals surface area contributed by atoms with Gasteiger partial charge in [0.05, 0.1) is 23.3 Å². The molecule has 0 spiro atoms. The number of nitrogens with zero attached hydrogens (tertiary/aromatic N) is 1. The average Bonchev–Trinajstić information content (AvgIpc) is 2.80. The minimum atomic E-state index is -1.14. The quantitative estimate of drug-likeness (QED) is 0.303. The molecule has 0 aliphatic heterocycles. The SMILES string of the molecule is COc1ccccc1NC(=O)C(C)OC(=O)c1ccc(Nc2ccccc2)c([N+](=O)[O-])c1. The predicted molar refractivity (Wildman–Crippen MR) is 119 cm³/mol. The van der Waals surface area contributed by atoms with E-state index in [9.17, 15) is 19.7 Å². The second-order valence-corrected chi connectivity index (χ2v) is 6.72.